The van der Waals surface area contributed by atoms with Gasteiger partial charge in [0.05, 0.1) is 63.2 Å². The first kappa shape index (κ1) is 67.8. The number of esters is 5. The lowest BCUT2D eigenvalue weighted by atomic mass is 9.78. The van der Waals surface area contributed by atoms with Crippen LogP contribution in [0.4, 0.5) is 9.59 Å². The summed E-state index contributed by atoms with van der Waals surface area (Å²) >= 11 is 0. The van der Waals surface area contributed by atoms with Gasteiger partial charge >= 0.3 is 42.0 Å². The van der Waals surface area contributed by atoms with Gasteiger partial charge in [-0.1, -0.05) is 44.6 Å². The van der Waals surface area contributed by atoms with Crippen molar-refractivity contribution in [2.45, 2.75) is 188 Å². The molecule has 3 rings (SSSR count). The van der Waals surface area contributed by atoms with Gasteiger partial charge in [0.2, 0.25) is 0 Å². The van der Waals surface area contributed by atoms with E-state index in [1.54, 1.807) is 99.5 Å². The van der Waals surface area contributed by atoms with Crippen molar-refractivity contribution >= 4 is 47.8 Å². The Bertz CT molecular complexity index is 2120. The van der Waals surface area contributed by atoms with E-state index in [-0.39, 0.29) is 51.5 Å². The quantitative estimate of drug-likeness (QED) is 0.0741. The number of methoxy groups -OCH3 is 2. The second-order valence-electron chi connectivity index (χ2n) is 20.0. The normalized spacial score (nSPS) is 33.1. The first-order valence-corrected chi connectivity index (χ1v) is 27.0. The highest BCUT2D eigenvalue weighted by Crippen LogP contribution is 2.38. The Morgan fingerprint density at radius 1 is 0.734 bits per heavy atom. The zero-order chi connectivity index (χ0) is 59.3. The Balaban J connectivity index is 2.38. The fourth-order valence-corrected chi connectivity index (χ4v) is 10.2. The van der Waals surface area contributed by atoms with Crippen LogP contribution < -0.4 is 5.43 Å². The van der Waals surface area contributed by atoms with Crippen molar-refractivity contribution in [3.63, 3.8) is 0 Å². The van der Waals surface area contributed by atoms with Crippen molar-refractivity contribution in [1.29, 1.82) is 0 Å². The third-order valence-electron chi connectivity index (χ3n) is 13.8. The lowest BCUT2D eigenvalue weighted by Crippen LogP contribution is -2.65. The number of hydrogen-bond donors (Lipinski definition) is 1. The van der Waals surface area contributed by atoms with Gasteiger partial charge < -0.3 is 61.6 Å². The van der Waals surface area contributed by atoms with Gasteiger partial charge in [0.1, 0.15) is 24.4 Å². The number of ketones is 1. The predicted molar refractivity (Wildman–Crippen MR) is 281 cm³/mol. The zero-order valence-corrected chi connectivity index (χ0v) is 48.8. The number of hydrazine groups is 1. The van der Waals surface area contributed by atoms with Crippen molar-refractivity contribution in [1.82, 2.24) is 15.3 Å². The molecule has 2 saturated heterocycles. The molecule has 448 valence electrons. The highest BCUT2D eigenvalue weighted by Gasteiger charge is 2.53. The molecule has 2 amide bonds. The number of ether oxygens (including phenoxy) is 13. The van der Waals surface area contributed by atoms with Crippen LogP contribution in [0, 0.1) is 23.7 Å². The predicted octanol–water partition coefficient (Wildman–Crippen LogP) is 5.32. The molecular formula is C55H87N3O21. The first-order valence-electron chi connectivity index (χ1n) is 27.0. The third kappa shape index (κ3) is 20.2. The highest BCUT2D eigenvalue weighted by atomic mass is 16.7. The van der Waals surface area contributed by atoms with Crippen LogP contribution in [0.5, 0.6) is 0 Å². The van der Waals surface area contributed by atoms with Crippen LogP contribution >= 0.6 is 0 Å². The molecule has 0 aromatic rings. The van der Waals surface area contributed by atoms with Crippen molar-refractivity contribution < 1.29 is 99.9 Å². The highest BCUT2D eigenvalue weighted by molar-refractivity contribution is 5.91. The van der Waals surface area contributed by atoms with Crippen molar-refractivity contribution in [2.24, 2.45) is 23.7 Å². The second kappa shape index (κ2) is 33.3. The van der Waals surface area contributed by atoms with E-state index in [0.29, 0.717) is 5.57 Å². The van der Waals surface area contributed by atoms with E-state index in [0.717, 1.165) is 5.01 Å². The summed E-state index contributed by atoms with van der Waals surface area (Å²) in [6.45, 7) is 18.4. The van der Waals surface area contributed by atoms with Gasteiger partial charge in [0.25, 0.3) is 0 Å². The molecule has 0 spiro atoms. The summed E-state index contributed by atoms with van der Waals surface area (Å²) in [7, 11) is 6.27. The van der Waals surface area contributed by atoms with E-state index in [9.17, 15) is 38.4 Å². The summed E-state index contributed by atoms with van der Waals surface area (Å²) in [5.41, 5.74) is 3.06. The topological polar surface area (TPSA) is 275 Å². The Hall–Kier alpha value is -5.50. The number of allylic oxidation sites excluding steroid dienone is 4. The van der Waals surface area contributed by atoms with Crippen molar-refractivity contribution in [3.05, 3.63) is 36.0 Å². The van der Waals surface area contributed by atoms with Gasteiger partial charge in [-0.15, -0.1) is 0 Å². The SMILES string of the molecule is CCOC(=O)/C=C/C[C@H]1C[C@@H](C)C(=O)/C=C/C(C)=C/[C@H](CO[C@@H]2O[C@H](C)[C@@H](OC(C)=O)[C@@H](OC)[C@H]2OC)[C@@H](CC)OC(=O)C[C@@H](N(NC(=O)OCC)C(=O)OCC)[C@H](C)[C@H]1O[C@H]1O[C@@H](C)[C@H](OC(C)=O)[C@@H](N(C)C)[C@@H]1OC(C)=O. The molecule has 3 heterocycles. The van der Waals surface area contributed by atoms with E-state index < -0.39 is 152 Å². The minimum absolute atomic E-state index is 0.0200. The molecule has 0 aromatic heterocycles. The van der Waals surface area contributed by atoms with E-state index in [2.05, 4.69) is 5.43 Å². The number of carbonyl (C=O) groups excluding carboxylic acids is 8. The fourth-order valence-electron chi connectivity index (χ4n) is 10.2. The van der Waals surface area contributed by atoms with E-state index >= 15 is 0 Å². The molecule has 1 N–H and O–H groups in total. The number of amides is 2. The molecule has 0 radical (unpaired) electrons. The minimum atomic E-state index is -1.46. The van der Waals surface area contributed by atoms with Gasteiger partial charge in [0, 0.05) is 58.8 Å². The molecule has 2 fully saturated rings. The number of hydrogen-bond acceptors (Lipinski definition) is 22. The summed E-state index contributed by atoms with van der Waals surface area (Å²) in [5.74, 6) is -7.09. The van der Waals surface area contributed by atoms with Crippen LogP contribution in [0.25, 0.3) is 0 Å². The maximum atomic E-state index is 14.9. The first-order chi connectivity index (χ1) is 37.3. The molecule has 79 heavy (non-hydrogen) atoms. The van der Waals surface area contributed by atoms with Crippen molar-refractivity contribution in [2.75, 3.05) is 54.7 Å². The van der Waals surface area contributed by atoms with Gasteiger partial charge in [-0.3, -0.25) is 28.9 Å². The maximum Gasteiger partial charge on any atom is 0.429 e. The fraction of sp³-hybridized carbons (Fsp3) is 0.745. The molecule has 17 atom stereocenters. The number of nitrogens with zero attached hydrogens (tertiary/aromatic N) is 2. The monoisotopic (exact) mass is 1130 g/mol. The smallest absolute Gasteiger partial charge is 0.429 e. The van der Waals surface area contributed by atoms with E-state index in [1.165, 1.54) is 47.1 Å². The Morgan fingerprint density at radius 3 is 1.89 bits per heavy atom. The molecule has 0 unspecified atom stereocenters. The van der Waals surface area contributed by atoms with Crippen LogP contribution in [0.2, 0.25) is 0 Å². The largest absolute Gasteiger partial charge is 0.463 e. The van der Waals surface area contributed by atoms with Gasteiger partial charge in [0.15, 0.2) is 30.6 Å². The van der Waals surface area contributed by atoms with E-state index in [1.807, 2.05) is 0 Å². The maximum absolute atomic E-state index is 14.9. The second-order valence-corrected chi connectivity index (χ2v) is 20.0. The summed E-state index contributed by atoms with van der Waals surface area (Å²) < 4.78 is 77.4. The van der Waals surface area contributed by atoms with Crippen LogP contribution in [0.15, 0.2) is 36.0 Å². The van der Waals surface area contributed by atoms with E-state index in [4.69, 9.17) is 61.6 Å². The third-order valence-corrected chi connectivity index (χ3v) is 13.8. The number of cyclic esters (lactones) is 1. The number of carbonyl (C=O) groups is 8. The molecule has 0 saturated carbocycles. The standard InChI is InChI=1S/C55H87N3O21/c1-17-42-39(29-72-52-51(68-16)50(67-15)48(34(9)73-52)76-36(11)60)26-30(5)24-25-41(62)31(6)27-38(22-21-23-43(63)69-18-2)46(32(7)40(28-44(64)78-42)58(55(66)71-20-4)56-54(65)70-19-3)79-53-49(77-37(12)61)45(57(13)14)47(33(8)74-53)75-35(10)59/h21,23-26,31-34,38-40,42,45-53H,17-20,22,27-29H2,1-16H3,(H,56,65)/b23-21+,25-24+,30-26+/t31-,32+,33+,34-,38+,39-,40-,42-,45-,46-,47+,48-,49+,50-,51-,52-,53-/m1/s1. The molecular weight excluding hydrogens is 1040 g/mol. The van der Waals surface area contributed by atoms with Crippen LogP contribution in [0.1, 0.15) is 109 Å². The molecule has 0 aromatic carbocycles. The van der Waals surface area contributed by atoms with Crippen LogP contribution in [0.3, 0.4) is 0 Å². The number of nitrogens with one attached hydrogen (secondary N) is 1. The molecule has 3 aliphatic heterocycles. The lowest BCUT2D eigenvalue weighted by molar-refractivity contribution is -0.307. The van der Waals surface area contributed by atoms with Crippen molar-refractivity contribution in [3.8, 4) is 0 Å². The lowest BCUT2D eigenvalue weighted by Gasteiger charge is -2.49. The Labute approximate surface area is 464 Å². The minimum Gasteiger partial charge on any atom is -0.463 e. The van der Waals surface area contributed by atoms with Crippen LogP contribution in [-0.2, 0) is 90.3 Å². The average molecular weight is 1130 g/mol. The number of likely N-dealkylation sites (N-methyl/N-ethyl adjacent to an activating group) is 1. The summed E-state index contributed by atoms with van der Waals surface area (Å²) in [6, 6.07) is -2.29. The van der Waals surface area contributed by atoms with Gasteiger partial charge in [-0.2, -0.15) is 0 Å². The molecule has 3 aliphatic rings. The zero-order valence-electron chi connectivity index (χ0n) is 48.8. The molecule has 24 nitrogen and oxygen atoms in total. The number of rotatable bonds is 19. The molecule has 0 bridgehead atoms. The Kier molecular flexibility index (Phi) is 28.6. The van der Waals surface area contributed by atoms with Gasteiger partial charge in [-0.25, -0.2) is 24.8 Å². The Morgan fingerprint density at radius 2 is 1.32 bits per heavy atom. The van der Waals surface area contributed by atoms with Gasteiger partial charge in [-0.05, 0) is 86.9 Å². The molecule has 24 heteroatoms. The van der Waals surface area contributed by atoms with Crippen LogP contribution in [-0.4, -0.2) is 192 Å². The molecule has 0 aliphatic carbocycles. The average Bonchev–Trinajstić information content (AvgIpc) is 3.43. The summed E-state index contributed by atoms with van der Waals surface area (Å²) in [5, 5.41) is 0.830. The summed E-state index contributed by atoms with van der Waals surface area (Å²) in [4.78, 5) is 109. The summed E-state index contributed by atoms with van der Waals surface area (Å²) in [6.07, 6.45) is -5.97.